The third-order valence-electron chi connectivity index (χ3n) is 6.34. The first-order valence-corrected chi connectivity index (χ1v) is 11.9. The lowest BCUT2D eigenvalue weighted by atomic mass is 9.97. The second kappa shape index (κ2) is 8.18. The van der Waals surface area contributed by atoms with Crippen LogP contribution in [-0.2, 0) is 19.5 Å². The summed E-state index contributed by atoms with van der Waals surface area (Å²) in [5.74, 6) is -0.344. The van der Waals surface area contributed by atoms with Gasteiger partial charge < -0.3 is 15.2 Å². The highest BCUT2D eigenvalue weighted by molar-refractivity contribution is 7.09. The number of hydrogen-bond donors (Lipinski definition) is 2. The quantitative estimate of drug-likeness (QED) is 0.388. The number of aromatic amines is 1. The Morgan fingerprint density at radius 2 is 2.03 bits per heavy atom. The van der Waals surface area contributed by atoms with Crippen LogP contribution in [0.2, 0.25) is 0 Å². The molecule has 0 spiro atoms. The van der Waals surface area contributed by atoms with Crippen LogP contribution in [0.15, 0.2) is 54.3 Å². The minimum Gasteiger partial charge on any atom is -0.380 e. The molecule has 0 saturated carbocycles. The standard InChI is InChI=1S/C25H21FN6OS/c1-14-8-17-18-9-15(26)2-4-19(18)31-22(17)12-32(14)25(33)24-23(34-13-30-24)11-29-16-3-5-20-21(10-16)28-7-6-27-20/h2-7,9-10,13-14,29,31H,8,11-12H2,1H3. The monoisotopic (exact) mass is 472 g/mol. The van der Waals surface area contributed by atoms with Crippen LogP contribution >= 0.6 is 11.3 Å². The van der Waals surface area contributed by atoms with Gasteiger partial charge in [-0.1, -0.05) is 0 Å². The molecule has 0 radical (unpaired) electrons. The number of fused-ring (bicyclic) bond motifs is 4. The van der Waals surface area contributed by atoms with E-state index in [1.165, 1.54) is 17.4 Å². The van der Waals surface area contributed by atoms with Gasteiger partial charge in [0.25, 0.3) is 5.91 Å². The van der Waals surface area contributed by atoms with Crippen molar-refractivity contribution in [3.8, 4) is 0 Å². The molecule has 1 aliphatic rings. The van der Waals surface area contributed by atoms with E-state index in [-0.39, 0.29) is 17.8 Å². The molecule has 4 heterocycles. The SMILES string of the molecule is CC1Cc2c([nH]c3ccc(F)cc23)CN1C(=O)c1ncsc1CNc1ccc2nccnc2c1. The van der Waals surface area contributed by atoms with Gasteiger partial charge in [0.2, 0.25) is 0 Å². The number of aromatic nitrogens is 4. The van der Waals surface area contributed by atoms with Crippen molar-refractivity contribution in [1.82, 2.24) is 24.8 Å². The van der Waals surface area contributed by atoms with Gasteiger partial charge in [-0.2, -0.15) is 0 Å². The summed E-state index contributed by atoms with van der Waals surface area (Å²) in [5.41, 5.74) is 7.67. The highest BCUT2D eigenvalue weighted by Gasteiger charge is 2.32. The average molecular weight is 473 g/mol. The molecule has 1 unspecified atom stereocenters. The Hall–Kier alpha value is -3.85. The predicted octanol–water partition coefficient (Wildman–Crippen LogP) is 4.91. The maximum absolute atomic E-state index is 13.8. The van der Waals surface area contributed by atoms with E-state index in [2.05, 4.69) is 25.3 Å². The van der Waals surface area contributed by atoms with Crippen molar-refractivity contribution in [2.45, 2.75) is 32.5 Å². The Labute approximate surface area is 198 Å². The van der Waals surface area contributed by atoms with Crippen molar-refractivity contribution in [2.75, 3.05) is 5.32 Å². The Kier molecular flexibility index (Phi) is 4.99. The molecule has 1 aliphatic heterocycles. The smallest absolute Gasteiger partial charge is 0.274 e. The summed E-state index contributed by atoms with van der Waals surface area (Å²) in [4.78, 5) is 32.6. The lowest BCUT2D eigenvalue weighted by molar-refractivity contribution is 0.0649. The number of halogens is 1. The number of anilines is 1. The van der Waals surface area contributed by atoms with Gasteiger partial charge in [0.05, 0.1) is 34.5 Å². The second-order valence-corrected chi connectivity index (χ2v) is 9.44. The number of H-pyrrole nitrogens is 1. The third kappa shape index (κ3) is 3.58. The van der Waals surface area contributed by atoms with Gasteiger partial charge in [0, 0.05) is 40.7 Å². The van der Waals surface area contributed by atoms with Gasteiger partial charge in [-0.15, -0.1) is 11.3 Å². The summed E-state index contributed by atoms with van der Waals surface area (Å²) in [5, 5.41) is 4.27. The molecule has 0 fully saturated rings. The average Bonchev–Trinajstić information content (AvgIpc) is 3.46. The Balaban J connectivity index is 1.22. The largest absolute Gasteiger partial charge is 0.380 e. The minimum atomic E-state index is -0.251. The fourth-order valence-corrected chi connectivity index (χ4v) is 5.30. The van der Waals surface area contributed by atoms with Crippen molar-refractivity contribution in [1.29, 1.82) is 0 Å². The van der Waals surface area contributed by atoms with Crippen molar-refractivity contribution in [3.05, 3.63) is 81.9 Å². The molecule has 1 atom stereocenters. The third-order valence-corrected chi connectivity index (χ3v) is 7.18. The maximum atomic E-state index is 13.8. The molecule has 2 aromatic carbocycles. The summed E-state index contributed by atoms with van der Waals surface area (Å²) in [7, 11) is 0. The van der Waals surface area contributed by atoms with E-state index in [0.29, 0.717) is 25.2 Å². The molecular formula is C25H21FN6OS. The molecule has 3 aromatic heterocycles. The first kappa shape index (κ1) is 20.7. The van der Waals surface area contributed by atoms with Crippen LogP contribution in [0.1, 0.15) is 33.5 Å². The van der Waals surface area contributed by atoms with Gasteiger partial charge in [-0.25, -0.2) is 9.37 Å². The van der Waals surface area contributed by atoms with E-state index >= 15 is 0 Å². The summed E-state index contributed by atoms with van der Waals surface area (Å²) in [6.07, 6.45) is 4.00. The second-order valence-electron chi connectivity index (χ2n) is 8.50. The van der Waals surface area contributed by atoms with Crippen LogP contribution in [0.5, 0.6) is 0 Å². The lowest BCUT2D eigenvalue weighted by Gasteiger charge is -2.33. The molecule has 0 bridgehead atoms. The number of rotatable bonds is 4. The van der Waals surface area contributed by atoms with Gasteiger partial charge in [0.15, 0.2) is 0 Å². The molecule has 6 rings (SSSR count). The van der Waals surface area contributed by atoms with Crippen molar-refractivity contribution in [3.63, 3.8) is 0 Å². The van der Waals surface area contributed by atoms with Crippen LogP contribution in [0.4, 0.5) is 10.1 Å². The minimum absolute atomic E-state index is 0.0242. The molecule has 0 aliphatic carbocycles. The summed E-state index contributed by atoms with van der Waals surface area (Å²) < 4.78 is 13.8. The Morgan fingerprint density at radius 1 is 1.18 bits per heavy atom. The number of hydrogen-bond acceptors (Lipinski definition) is 6. The van der Waals surface area contributed by atoms with E-state index < -0.39 is 0 Å². The van der Waals surface area contributed by atoms with Crippen molar-refractivity contribution in [2.24, 2.45) is 0 Å². The number of benzene rings is 2. The van der Waals surface area contributed by atoms with Crippen LogP contribution in [-0.4, -0.2) is 36.8 Å². The fraction of sp³-hybridized carbons (Fsp3) is 0.200. The van der Waals surface area contributed by atoms with Crippen LogP contribution < -0.4 is 5.32 Å². The highest BCUT2D eigenvalue weighted by atomic mass is 32.1. The Bertz CT molecular complexity index is 1540. The van der Waals surface area contributed by atoms with Crippen LogP contribution in [0.3, 0.4) is 0 Å². The Morgan fingerprint density at radius 3 is 2.91 bits per heavy atom. The van der Waals surface area contributed by atoms with Crippen LogP contribution in [0, 0.1) is 5.82 Å². The summed E-state index contributed by atoms with van der Waals surface area (Å²) >= 11 is 1.46. The normalized spacial score (nSPS) is 15.6. The molecule has 2 N–H and O–H groups in total. The number of amides is 1. The van der Waals surface area contributed by atoms with E-state index in [1.54, 1.807) is 30.0 Å². The lowest BCUT2D eigenvalue weighted by Crippen LogP contribution is -2.43. The zero-order valence-electron chi connectivity index (χ0n) is 18.4. The number of carbonyl (C=O) groups excluding carboxylic acids is 1. The number of carbonyl (C=O) groups is 1. The summed E-state index contributed by atoms with van der Waals surface area (Å²) in [6.45, 7) is 2.95. The van der Waals surface area contributed by atoms with Gasteiger partial charge in [0.1, 0.15) is 11.5 Å². The predicted molar refractivity (Wildman–Crippen MR) is 130 cm³/mol. The van der Waals surface area contributed by atoms with Gasteiger partial charge >= 0.3 is 0 Å². The fourth-order valence-electron chi connectivity index (χ4n) is 4.61. The number of thiazole rings is 1. The molecular weight excluding hydrogens is 451 g/mol. The zero-order chi connectivity index (χ0) is 23.2. The first-order valence-electron chi connectivity index (χ1n) is 11.0. The van der Waals surface area contributed by atoms with Gasteiger partial charge in [-0.05, 0) is 55.3 Å². The topological polar surface area (TPSA) is 86.8 Å². The number of nitrogens with one attached hydrogen (secondary N) is 2. The summed E-state index contributed by atoms with van der Waals surface area (Å²) in [6, 6.07) is 10.6. The zero-order valence-corrected chi connectivity index (χ0v) is 19.2. The van der Waals surface area contributed by atoms with E-state index in [9.17, 15) is 9.18 Å². The molecule has 0 saturated heterocycles. The van der Waals surface area contributed by atoms with Crippen molar-refractivity contribution < 1.29 is 9.18 Å². The highest BCUT2D eigenvalue weighted by Crippen LogP contribution is 2.32. The van der Waals surface area contributed by atoms with E-state index in [4.69, 9.17) is 0 Å². The molecule has 7 nitrogen and oxygen atoms in total. The molecule has 1 amide bonds. The van der Waals surface area contributed by atoms with Crippen LogP contribution in [0.25, 0.3) is 21.9 Å². The van der Waals surface area contributed by atoms with Crippen molar-refractivity contribution >= 4 is 44.9 Å². The first-order chi connectivity index (χ1) is 16.6. The molecule has 5 aromatic rings. The number of nitrogens with zero attached hydrogens (tertiary/aromatic N) is 4. The molecule has 170 valence electrons. The molecule has 9 heteroatoms. The molecule has 34 heavy (non-hydrogen) atoms. The maximum Gasteiger partial charge on any atom is 0.274 e. The van der Waals surface area contributed by atoms with E-state index in [0.717, 1.165) is 43.8 Å². The van der Waals surface area contributed by atoms with Gasteiger partial charge in [-0.3, -0.25) is 14.8 Å². The van der Waals surface area contributed by atoms with E-state index in [1.807, 2.05) is 30.0 Å².